The number of benzene rings is 1. The maximum atomic E-state index is 5.94. The van der Waals surface area contributed by atoms with E-state index in [0.717, 1.165) is 17.5 Å². The molecule has 2 N–H and O–H groups in total. The lowest BCUT2D eigenvalue weighted by Crippen LogP contribution is -2.47. The molecule has 1 aromatic rings. The van der Waals surface area contributed by atoms with Gasteiger partial charge in [0.2, 0.25) is 0 Å². The lowest BCUT2D eigenvalue weighted by Gasteiger charge is -2.30. The Balaban J connectivity index is 2.49. The summed E-state index contributed by atoms with van der Waals surface area (Å²) in [7, 11) is 5.12. The summed E-state index contributed by atoms with van der Waals surface area (Å²) in [5, 5.41) is 6.58. The number of aliphatic imine (C=N–C) groups is 1. The highest BCUT2D eigenvalue weighted by atomic mass is 16.5. The van der Waals surface area contributed by atoms with Gasteiger partial charge >= 0.3 is 0 Å². The van der Waals surface area contributed by atoms with Gasteiger partial charge in [-0.05, 0) is 24.5 Å². The number of methoxy groups -OCH3 is 2. The van der Waals surface area contributed by atoms with Gasteiger partial charge in [0.05, 0.1) is 19.8 Å². The van der Waals surface area contributed by atoms with E-state index in [-0.39, 0.29) is 17.6 Å². The second-order valence-corrected chi connectivity index (χ2v) is 7.00. The molecule has 0 heterocycles. The standard InChI is InChI=1S/C19H33N3O3/c1-14(25-16-11-9-8-10-15(16)23-6)12-21-18(20-5)22-13-17(24-7)19(2,3)4/h8-11,14,17H,12-13H2,1-7H3,(H2,20,21,22). The Bertz CT molecular complexity index is 541. The van der Waals surface area contributed by atoms with Crippen molar-refractivity contribution in [3.05, 3.63) is 24.3 Å². The Morgan fingerprint density at radius 2 is 1.68 bits per heavy atom. The summed E-state index contributed by atoms with van der Waals surface area (Å²) in [6, 6.07) is 7.62. The number of ether oxygens (including phenoxy) is 3. The number of hydrogen-bond donors (Lipinski definition) is 2. The zero-order valence-electron chi connectivity index (χ0n) is 16.6. The number of para-hydroxylation sites is 2. The zero-order valence-corrected chi connectivity index (χ0v) is 16.6. The number of guanidine groups is 1. The molecular weight excluding hydrogens is 318 g/mol. The molecule has 0 bridgehead atoms. The molecule has 0 saturated heterocycles. The van der Waals surface area contributed by atoms with Crippen molar-refractivity contribution >= 4 is 5.96 Å². The SMILES string of the molecule is CN=C(NCC(C)Oc1ccccc1OC)NCC(OC)C(C)(C)C. The molecule has 0 amide bonds. The fraction of sp³-hybridized carbons (Fsp3) is 0.632. The van der Waals surface area contributed by atoms with E-state index in [1.54, 1.807) is 21.3 Å². The molecule has 1 rings (SSSR count). The minimum Gasteiger partial charge on any atom is -0.493 e. The predicted molar refractivity (Wildman–Crippen MR) is 103 cm³/mol. The summed E-state index contributed by atoms with van der Waals surface area (Å²) in [6.45, 7) is 9.76. The van der Waals surface area contributed by atoms with Crippen molar-refractivity contribution in [3.63, 3.8) is 0 Å². The highest BCUT2D eigenvalue weighted by molar-refractivity contribution is 5.79. The summed E-state index contributed by atoms with van der Waals surface area (Å²) in [6.07, 6.45) is 0.0454. The number of hydrogen-bond acceptors (Lipinski definition) is 4. The highest BCUT2D eigenvalue weighted by Gasteiger charge is 2.24. The van der Waals surface area contributed by atoms with Crippen molar-refractivity contribution in [2.45, 2.75) is 39.9 Å². The van der Waals surface area contributed by atoms with Crippen molar-refractivity contribution in [1.82, 2.24) is 10.6 Å². The molecule has 1 aromatic carbocycles. The molecule has 6 nitrogen and oxygen atoms in total. The summed E-state index contributed by atoms with van der Waals surface area (Å²) >= 11 is 0. The molecule has 0 fully saturated rings. The first kappa shape index (κ1) is 21.1. The molecule has 6 heteroatoms. The largest absolute Gasteiger partial charge is 0.493 e. The first-order valence-corrected chi connectivity index (χ1v) is 8.58. The van der Waals surface area contributed by atoms with Gasteiger partial charge in [-0.25, -0.2) is 0 Å². The van der Waals surface area contributed by atoms with Crippen LogP contribution in [0.5, 0.6) is 11.5 Å². The molecule has 0 spiro atoms. The summed E-state index contributed by atoms with van der Waals surface area (Å²) in [5.74, 6) is 2.18. The van der Waals surface area contributed by atoms with E-state index in [0.29, 0.717) is 13.1 Å². The van der Waals surface area contributed by atoms with Gasteiger partial charge in [-0.1, -0.05) is 32.9 Å². The molecule has 2 unspecified atom stereocenters. The second-order valence-electron chi connectivity index (χ2n) is 7.00. The molecule has 142 valence electrons. The van der Waals surface area contributed by atoms with Crippen molar-refractivity contribution in [2.75, 3.05) is 34.4 Å². The van der Waals surface area contributed by atoms with Crippen molar-refractivity contribution in [1.29, 1.82) is 0 Å². The molecule has 0 aliphatic heterocycles. The normalized spacial score (nSPS) is 14.6. The van der Waals surface area contributed by atoms with E-state index in [9.17, 15) is 0 Å². The fourth-order valence-electron chi connectivity index (χ4n) is 2.37. The third-order valence-corrected chi connectivity index (χ3v) is 3.88. The van der Waals surface area contributed by atoms with Gasteiger partial charge in [0, 0.05) is 20.7 Å². The minimum absolute atomic E-state index is 0.0457. The van der Waals surface area contributed by atoms with Crippen LogP contribution in [0, 0.1) is 5.41 Å². The van der Waals surface area contributed by atoms with Gasteiger partial charge in [-0.15, -0.1) is 0 Å². The molecule has 25 heavy (non-hydrogen) atoms. The van der Waals surface area contributed by atoms with E-state index in [4.69, 9.17) is 14.2 Å². The maximum Gasteiger partial charge on any atom is 0.191 e. The van der Waals surface area contributed by atoms with Gasteiger partial charge in [0.1, 0.15) is 6.10 Å². The van der Waals surface area contributed by atoms with Crippen LogP contribution < -0.4 is 20.1 Å². The lowest BCUT2D eigenvalue weighted by molar-refractivity contribution is 0.0205. The third kappa shape index (κ3) is 7.22. The maximum absolute atomic E-state index is 5.94. The predicted octanol–water partition coefficient (Wildman–Crippen LogP) is 2.69. The Labute approximate surface area is 152 Å². The monoisotopic (exact) mass is 351 g/mol. The number of nitrogens with one attached hydrogen (secondary N) is 2. The Morgan fingerprint density at radius 1 is 1.08 bits per heavy atom. The highest BCUT2D eigenvalue weighted by Crippen LogP contribution is 2.26. The van der Waals surface area contributed by atoms with Gasteiger partial charge in [0.15, 0.2) is 17.5 Å². The van der Waals surface area contributed by atoms with Crippen molar-refractivity contribution < 1.29 is 14.2 Å². The summed E-state index contributed by atoms with van der Waals surface area (Å²) in [4.78, 5) is 4.25. The van der Waals surface area contributed by atoms with E-state index >= 15 is 0 Å². The van der Waals surface area contributed by atoms with Crippen LogP contribution >= 0.6 is 0 Å². The number of nitrogens with zero attached hydrogens (tertiary/aromatic N) is 1. The molecular formula is C19H33N3O3. The van der Waals surface area contributed by atoms with E-state index in [1.807, 2.05) is 31.2 Å². The third-order valence-electron chi connectivity index (χ3n) is 3.88. The van der Waals surface area contributed by atoms with E-state index in [1.165, 1.54) is 0 Å². The molecule has 0 aliphatic carbocycles. The Morgan fingerprint density at radius 3 is 2.20 bits per heavy atom. The summed E-state index contributed by atoms with van der Waals surface area (Å²) < 4.78 is 16.8. The minimum atomic E-state index is -0.0457. The van der Waals surface area contributed by atoms with Crippen LogP contribution in [0.15, 0.2) is 29.3 Å². The van der Waals surface area contributed by atoms with E-state index < -0.39 is 0 Å². The van der Waals surface area contributed by atoms with Crippen LogP contribution in [0.25, 0.3) is 0 Å². The fourth-order valence-corrected chi connectivity index (χ4v) is 2.37. The van der Waals surface area contributed by atoms with Crippen LogP contribution in [0.2, 0.25) is 0 Å². The lowest BCUT2D eigenvalue weighted by atomic mass is 9.89. The molecule has 0 radical (unpaired) electrons. The smallest absolute Gasteiger partial charge is 0.191 e. The Hall–Kier alpha value is -1.95. The second kappa shape index (κ2) is 10.1. The zero-order chi connectivity index (χ0) is 18.9. The van der Waals surface area contributed by atoms with Gasteiger partial charge < -0.3 is 24.8 Å². The Kier molecular flexibility index (Phi) is 8.55. The van der Waals surface area contributed by atoms with Gasteiger partial charge in [0.25, 0.3) is 0 Å². The average Bonchev–Trinajstić information content (AvgIpc) is 2.57. The molecule has 2 atom stereocenters. The van der Waals surface area contributed by atoms with Crippen LogP contribution in [-0.4, -0.2) is 52.5 Å². The average molecular weight is 351 g/mol. The molecule has 0 aliphatic rings. The van der Waals surface area contributed by atoms with Gasteiger partial charge in [-0.3, -0.25) is 4.99 Å². The van der Waals surface area contributed by atoms with E-state index in [2.05, 4.69) is 36.4 Å². The van der Waals surface area contributed by atoms with Crippen LogP contribution in [0.1, 0.15) is 27.7 Å². The van der Waals surface area contributed by atoms with Crippen molar-refractivity contribution in [3.8, 4) is 11.5 Å². The molecule has 0 saturated carbocycles. The van der Waals surface area contributed by atoms with Crippen LogP contribution in [-0.2, 0) is 4.74 Å². The first-order valence-electron chi connectivity index (χ1n) is 8.58. The van der Waals surface area contributed by atoms with Crippen LogP contribution in [0.4, 0.5) is 0 Å². The number of rotatable bonds is 8. The van der Waals surface area contributed by atoms with Gasteiger partial charge in [-0.2, -0.15) is 0 Å². The van der Waals surface area contributed by atoms with Crippen molar-refractivity contribution in [2.24, 2.45) is 10.4 Å². The topological polar surface area (TPSA) is 64.1 Å². The quantitative estimate of drug-likeness (QED) is 0.557. The first-order chi connectivity index (χ1) is 11.8. The molecule has 0 aromatic heterocycles. The summed E-state index contributed by atoms with van der Waals surface area (Å²) in [5.41, 5.74) is 0.0564. The van der Waals surface area contributed by atoms with Crippen LogP contribution in [0.3, 0.4) is 0 Å².